The fraction of sp³-hybridized carbons (Fsp3) is 0.696. The highest BCUT2D eigenvalue weighted by Gasteiger charge is 2.72. The van der Waals surface area contributed by atoms with Gasteiger partial charge in [-0.25, -0.2) is 4.79 Å². The number of hydrogen-bond donors (Lipinski definition) is 2. The van der Waals surface area contributed by atoms with Gasteiger partial charge in [0, 0.05) is 24.4 Å². The van der Waals surface area contributed by atoms with E-state index < -0.39 is 22.6 Å². The Morgan fingerprint density at radius 3 is 2.72 bits per heavy atom. The summed E-state index contributed by atoms with van der Waals surface area (Å²) >= 11 is 0. The largest absolute Gasteiger partial charge is 0.497 e. The Bertz CT molecular complexity index is 839. The Morgan fingerprint density at radius 1 is 1.28 bits per heavy atom. The zero-order chi connectivity index (χ0) is 20.4. The minimum atomic E-state index is -1.45. The van der Waals surface area contributed by atoms with Gasteiger partial charge in [-0.1, -0.05) is 6.07 Å². The molecule has 4 atom stereocenters. The zero-order valence-corrected chi connectivity index (χ0v) is 17.3. The number of nitrogens with zero attached hydrogens (tertiary/aromatic N) is 1. The Kier molecular flexibility index (Phi) is 4.29. The van der Waals surface area contributed by atoms with Crippen LogP contribution >= 0.6 is 0 Å². The lowest BCUT2D eigenvalue weighted by atomic mass is 9.48. The highest BCUT2D eigenvalue weighted by molar-refractivity contribution is 5.83. The fourth-order valence-electron chi connectivity index (χ4n) is 6.37. The molecule has 6 nitrogen and oxygen atoms in total. The first-order valence-electron chi connectivity index (χ1n) is 10.9. The molecule has 2 aliphatic carbocycles. The van der Waals surface area contributed by atoms with Gasteiger partial charge in [0.1, 0.15) is 11.4 Å². The van der Waals surface area contributed by atoms with Gasteiger partial charge in [-0.05, 0) is 74.8 Å². The van der Waals surface area contributed by atoms with Crippen molar-refractivity contribution < 1.29 is 24.5 Å². The minimum Gasteiger partial charge on any atom is -0.497 e. The third-order valence-corrected chi connectivity index (χ3v) is 8.21. The van der Waals surface area contributed by atoms with E-state index in [0.717, 1.165) is 42.3 Å². The molecule has 1 spiro atoms. The van der Waals surface area contributed by atoms with Crippen molar-refractivity contribution in [2.45, 2.75) is 74.7 Å². The maximum Gasteiger partial charge on any atom is 0.338 e. The molecule has 3 aliphatic heterocycles. The Balaban J connectivity index is 1.66. The molecule has 5 fully saturated rings. The maximum absolute atomic E-state index is 12.8. The molecule has 1 aromatic rings. The second-order valence-corrected chi connectivity index (χ2v) is 9.61. The van der Waals surface area contributed by atoms with Crippen LogP contribution in [0, 0.1) is 5.92 Å². The molecule has 2 bridgehead atoms. The van der Waals surface area contributed by atoms with E-state index in [1.807, 2.05) is 18.2 Å². The summed E-state index contributed by atoms with van der Waals surface area (Å²) in [6.07, 6.45) is 4.78. The molecule has 0 aromatic heterocycles. The van der Waals surface area contributed by atoms with Crippen molar-refractivity contribution in [3.8, 4) is 5.75 Å². The molecular formula is C23H31NO5. The summed E-state index contributed by atoms with van der Waals surface area (Å²) in [7, 11) is 1.63. The van der Waals surface area contributed by atoms with Crippen LogP contribution in [0.5, 0.6) is 5.75 Å². The molecule has 158 valence electrons. The summed E-state index contributed by atoms with van der Waals surface area (Å²) in [6, 6.07) is 5.79. The quantitative estimate of drug-likeness (QED) is 0.736. The number of piperidine rings is 1. The number of carbonyl (C=O) groups excluding carboxylic acids is 1. The monoisotopic (exact) mass is 401 g/mol. The molecule has 5 aliphatic rings. The summed E-state index contributed by atoms with van der Waals surface area (Å²) in [5, 5.41) is 21.3. The number of aliphatic hydroxyl groups is 2. The third kappa shape index (κ3) is 2.62. The van der Waals surface area contributed by atoms with Crippen LogP contribution in [0.15, 0.2) is 18.2 Å². The molecule has 2 N–H and O–H groups in total. The van der Waals surface area contributed by atoms with Gasteiger partial charge in [0.2, 0.25) is 0 Å². The van der Waals surface area contributed by atoms with Crippen molar-refractivity contribution in [2.75, 3.05) is 20.2 Å². The van der Waals surface area contributed by atoms with Crippen molar-refractivity contribution in [3.63, 3.8) is 0 Å². The van der Waals surface area contributed by atoms with E-state index in [0.29, 0.717) is 19.3 Å². The number of hydrogen-bond acceptors (Lipinski definition) is 6. The van der Waals surface area contributed by atoms with E-state index >= 15 is 0 Å². The van der Waals surface area contributed by atoms with Crippen LogP contribution in [0.2, 0.25) is 0 Å². The Morgan fingerprint density at radius 2 is 2.07 bits per heavy atom. The summed E-state index contributed by atoms with van der Waals surface area (Å²) in [4.78, 5) is 15.3. The molecule has 6 rings (SSSR count). The zero-order valence-electron chi connectivity index (χ0n) is 17.3. The lowest BCUT2D eigenvalue weighted by Crippen LogP contribution is -2.78. The molecule has 29 heavy (non-hydrogen) atoms. The highest BCUT2D eigenvalue weighted by Crippen LogP contribution is 2.62. The number of fused-ring (bicyclic) bond motifs is 2. The number of likely N-dealkylation sites (tertiary alicyclic amines) is 1. The van der Waals surface area contributed by atoms with Crippen molar-refractivity contribution in [2.24, 2.45) is 5.92 Å². The van der Waals surface area contributed by atoms with E-state index in [-0.39, 0.29) is 12.6 Å². The summed E-state index contributed by atoms with van der Waals surface area (Å²) < 4.78 is 11.7. The molecule has 3 saturated heterocycles. The predicted octanol–water partition coefficient (Wildman–Crippen LogP) is 2.14. The predicted molar refractivity (Wildman–Crippen MR) is 107 cm³/mol. The molecule has 1 aromatic carbocycles. The van der Waals surface area contributed by atoms with Gasteiger partial charge >= 0.3 is 5.97 Å². The molecule has 0 radical (unpaired) electrons. The van der Waals surface area contributed by atoms with E-state index in [9.17, 15) is 15.0 Å². The van der Waals surface area contributed by atoms with Crippen molar-refractivity contribution in [3.05, 3.63) is 29.3 Å². The normalized spacial score (nSPS) is 39.2. The van der Waals surface area contributed by atoms with Crippen LogP contribution in [-0.2, 0) is 21.6 Å². The first-order valence-corrected chi connectivity index (χ1v) is 10.9. The van der Waals surface area contributed by atoms with E-state index in [4.69, 9.17) is 9.47 Å². The van der Waals surface area contributed by atoms with E-state index in [1.165, 1.54) is 12.8 Å². The van der Waals surface area contributed by atoms with Crippen LogP contribution in [0.25, 0.3) is 0 Å². The molecular weight excluding hydrogens is 370 g/mol. The molecule has 3 heterocycles. The van der Waals surface area contributed by atoms with E-state index in [1.54, 1.807) is 7.11 Å². The fourth-order valence-corrected chi connectivity index (χ4v) is 6.37. The van der Waals surface area contributed by atoms with Gasteiger partial charge in [-0.15, -0.1) is 0 Å². The van der Waals surface area contributed by atoms with Gasteiger partial charge in [-0.2, -0.15) is 0 Å². The highest BCUT2D eigenvalue weighted by atomic mass is 16.6. The molecule has 4 unspecified atom stereocenters. The smallest absolute Gasteiger partial charge is 0.338 e. The second-order valence-electron chi connectivity index (χ2n) is 9.61. The number of esters is 1. The summed E-state index contributed by atoms with van der Waals surface area (Å²) in [6.45, 7) is 4.03. The first-order chi connectivity index (χ1) is 13.9. The number of methoxy groups -OCH3 is 1. The summed E-state index contributed by atoms with van der Waals surface area (Å²) in [5.41, 5.74) is -0.892. The number of rotatable bonds is 5. The SMILES string of the molecule is COc1ccc(CO)c(C23CCN(CC4CC4)C(C)C24CCC(O)(C3)C(=O)O4)c1. The lowest BCUT2D eigenvalue weighted by Gasteiger charge is -2.67. The van der Waals surface area contributed by atoms with E-state index in [2.05, 4.69) is 11.8 Å². The van der Waals surface area contributed by atoms with Crippen LogP contribution in [0.3, 0.4) is 0 Å². The Hall–Kier alpha value is -1.63. The lowest BCUT2D eigenvalue weighted by molar-refractivity contribution is -0.267. The third-order valence-electron chi connectivity index (χ3n) is 8.21. The number of carbonyl (C=O) groups is 1. The van der Waals surface area contributed by atoms with Crippen molar-refractivity contribution >= 4 is 5.97 Å². The number of aliphatic hydroxyl groups excluding tert-OH is 1. The first kappa shape index (κ1) is 19.3. The standard InChI is InChI=1S/C23H31NO5/c1-15-23-8-7-22(27,20(26)29-23)14-21(23,9-10-24(15)12-16-3-4-16)19-11-18(28-2)6-5-17(19)13-25/h5-6,11,15-16,25,27H,3-4,7-10,12-14H2,1-2H3. The molecule has 6 heteroatoms. The second kappa shape index (κ2) is 6.43. The topological polar surface area (TPSA) is 79.2 Å². The van der Waals surface area contributed by atoms with Crippen molar-refractivity contribution in [1.82, 2.24) is 4.90 Å². The van der Waals surface area contributed by atoms with Gasteiger partial charge in [-0.3, -0.25) is 4.90 Å². The maximum atomic E-state index is 12.8. The van der Waals surface area contributed by atoms with Crippen LogP contribution in [-0.4, -0.2) is 58.5 Å². The van der Waals surface area contributed by atoms with Crippen LogP contribution in [0.4, 0.5) is 0 Å². The molecule has 2 saturated carbocycles. The Labute approximate surface area is 171 Å². The van der Waals surface area contributed by atoms with Gasteiger partial charge < -0.3 is 19.7 Å². The van der Waals surface area contributed by atoms with Gasteiger partial charge in [0.05, 0.1) is 13.7 Å². The van der Waals surface area contributed by atoms with Gasteiger partial charge in [0.15, 0.2) is 5.60 Å². The average molecular weight is 402 g/mol. The van der Waals surface area contributed by atoms with Crippen LogP contribution < -0.4 is 4.74 Å². The number of benzene rings is 1. The van der Waals surface area contributed by atoms with Crippen LogP contribution in [0.1, 0.15) is 56.6 Å². The van der Waals surface area contributed by atoms with Crippen molar-refractivity contribution in [1.29, 1.82) is 0 Å². The summed E-state index contributed by atoms with van der Waals surface area (Å²) in [5.74, 6) is 0.994. The minimum absolute atomic E-state index is 0.0587. The number of ether oxygens (including phenoxy) is 2. The van der Waals surface area contributed by atoms with Gasteiger partial charge in [0.25, 0.3) is 0 Å². The average Bonchev–Trinajstić information content (AvgIpc) is 3.54. The molecule has 0 amide bonds.